The first kappa shape index (κ1) is 22.8. The number of amides is 2. The van der Waals surface area contributed by atoms with Gasteiger partial charge in [0.15, 0.2) is 0 Å². The van der Waals surface area contributed by atoms with Gasteiger partial charge in [-0.15, -0.1) is 0 Å². The third-order valence-electron chi connectivity index (χ3n) is 4.77. The van der Waals surface area contributed by atoms with Crippen LogP contribution in [0.25, 0.3) is 0 Å². The maximum Gasteiger partial charge on any atom is 0.244 e. The fourth-order valence-corrected chi connectivity index (χ4v) is 3.61. The van der Waals surface area contributed by atoms with E-state index in [0.29, 0.717) is 4.60 Å². The monoisotopic (exact) mass is 481 g/mol. The third-order valence-corrected chi connectivity index (χ3v) is 6.53. The molecule has 1 aromatic heterocycles. The van der Waals surface area contributed by atoms with Crippen molar-refractivity contribution in [1.82, 2.24) is 24.7 Å². The summed E-state index contributed by atoms with van der Waals surface area (Å²) >= 11 is 3.21. The maximum atomic E-state index is 15.0. The number of carbonyl (C=O) groups is 2. The van der Waals surface area contributed by atoms with Crippen LogP contribution < -0.4 is 10.0 Å². The van der Waals surface area contributed by atoms with E-state index in [9.17, 15) is 22.4 Å². The predicted molar refractivity (Wildman–Crippen MR) is 105 cm³/mol. The van der Waals surface area contributed by atoms with E-state index >= 15 is 0 Å². The molecule has 9 nitrogen and oxygen atoms in total. The van der Waals surface area contributed by atoms with Crippen LogP contribution in [0.15, 0.2) is 16.9 Å². The van der Waals surface area contributed by atoms with Crippen LogP contribution in [0.5, 0.6) is 0 Å². The first-order chi connectivity index (χ1) is 13.1. The molecular formula is C16H25BrFN5O4S. The summed E-state index contributed by atoms with van der Waals surface area (Å²) in [5.41, 5.74) is -1.61. The van der Waals surface area contributed by atoms with E-state index in [1.54, 1.807) is 19.2 Å². The normalized spacial score (nSPS) is 17.9. The van der Waals surface area contributed by atoms with Gasteiger partial charge in [-0.3, -0.25) is 14.3 Å². The molecule has 28 heavy (non-hydrogen) atoms. The van der Waals surface area contributed by atoms with Crippen LogP contribution in [0.2, 0.25) is 0 Å². The van der Waals surface area contributed by atoms with Crippen LogP contribution in [0, 0.1) is 0 Å². The van der Waals surface area contributed by atoms with Crippen molar-refractivity contribution in [3.05, 3.63) is 16.9 Å². The van der Waals surface area contributed by atoms with Gasteiger partial charge in [-0.05, 0) is 35.8 Å². The molecule has 1 unspecified atom stereocenters. The van der Waals surface area contributed by atoms with Crippen LogP contribution in [-0.4, -0.2) is 72.5 Å². The Morgan fingerprint density at radius 2 is 2.04 bits per heavy atom. The molecule has 1 aliphatic heterocycles. The highest BCUT2D eigenvalue weighted by Crippen LogP contribution is 2.26. The van der Waals surface area contributed by atoms with Gasteiger partial charge in [-0.25, -0.2) is 17.5 Å². The number of nitrogens with one attached hydrogen (secondary N) is 2. The number of aromatic nitrogens is 2. The molecule has 2 amide bonds. The molecule has 1 aliphatic rings. The summed E-state index contributed by atoms with van der Waals surface area (Å²) in [5.74, 6) is -0.845. The molecule has 0 aliphatic carbocycles. The second-order valence-corrected chi connectivity index (χ2v) is 9.68. The van der Waals surface area contributed by atoms with Crippen LogP contribution in [-0.2, 0) is 19.6 Å². The number of alkyl halides is 1. The Bertz CT molecular complexity index is 808. The van der Waals surface area contributed by atoms with Gasteiger partial charge < -0.3 is 10.2 Å². The number of hydrogen-bond donors (Lipinski definition) is 2. The third kappa shape index (κ3) is 6.24. The van der Waals surface area contributed by atoms with Gasteiger partial charge in [0.25, 0.3) is 0 Å². The molecule has 1 saturated heterocycles. The summed E-state index contributed by atoms with van der Waals surface area (Å²) < 4.78 is 42.1. The molecule has 2 rings (SSSR count). The Morgan fingerprint density at radius 3 is 2.57 bits per heavy atom. The Hall–Kier alpha value is -1.53. The number of piperidine rings is 1. The fourth-order valence-electron chi connectivity index (χ4n) is 2.76. The van der Waals surface area contributed by atoms with E-state index in [0.717, 1.165) is 0 Å². The fraction of sp³-hybridized carbons (Fsp3) is 0.688. The molecule has 2 N–H and O–H groups in total. The lowest BCUT2D eigenvalue weighted by atomic mass is 9.93. The standard InChI is InChI=1S/C16H25BrFN5O4S/c1-3-28(26,27)20-10-14(24)22-8-5-16(18,6-9-22)11-19-15(25)12(2)23-7-4-13(17)21-23/h4,7,12,20H,3,5-6,8-11H2,1-2H3,(H,19,25). The molecule has 0 saturated carbocycles. The van der Waals surface area contributed by atoms with Gasteiger partial charge in [-0.2, -0.15) is 5.10 Å². The van der Waals surface area contributed by atoms with Crippen LogP contribution in [0.4, 0.5) is 4.39 Å². The topological polar surface area (TPSA) is 113 Å². The molecule has 12 heteroatoms. The van der Waals surface area contributed by atoms with Gasteiger partial charge in [0.05, 0.1) is 18.8 Å². The smallest absolute Gasteiger partial charge is 0.244 e. The van der Waals surface area contributed by atoms with Crippen molar-refractivity contribution in [2.24, 2.45) is 0 Å². The molecular weight excluding hydrogens is 457 g/mol. The van der Waals surface area contributed by atoms with Crippen LogP contribution in [0.1, 0.15) is 32.7 Å². The summed E-state index contributed by atoms with van der Waals surface area (Å²) in [6.07, 6.45) is 1.79. The van der Waals surface area contributed by atoms with E-state index in [2.05, 4.69) is 31.1 Å². The number of rotatable bonds is 8. The van der Waals surface area contributed by atoms with Crippen molar-refractivity contribution in [1.29, 1.82) is 0 Å². The quantitative estimate of drug-likeness (QED) is 0.563. The van der Waals surface area contributed by atoms with Gasteiger partial charge in [0.1, 0.15) is 16.3 Å². The van der Waals surface area contributed by atoms with Crippen molar-refractivity contribution >= 4 is 37.8 Å². The van der Waals surface area contributed by atoms with E-state index < -0.39 is 21.7 Å². The van der Waals surface area contributed by atoms with E-state index in [1.165, 1.54) is 16.5 Å². The van der Waals surface area contributed by atoms with Gasteiger partial charge in [0.2, 0.25) is 21.8 Å². The van der Waals surface area contributed by atoms with Gasteiger partial charge >= 0.3 is 0 Å². The minimum atomic E-state index is -3.45. The molecule has 158 valence electrons. The van der Waals surface area contributed by atoms with Crippen molar-refractivity contribution in [3.8, 4) is 0 Å². The molecule has 0 aromatic carbocycles. The largest absolute Gasteiger partial charge is 0.351 e. The highest BCUT2D eigenvalue weighted by molar-refractivity contribution is 9.10. The number of halogens is 2. The minimum absolute atomic E-state index is 0.0707. The lowest BCUT2D eigenvalue weighted by Crippen LogP contribution is -2.52. The zero-order valence-electron chi connectivity index (χ0n) is 15.8. The SMILES string of the molecule is CCS(=O)(=O)NCC(=O)N1CCC(F)(CNC(=O)C(C)n2ccc(Br)n2)CC1. The summed E-state index contributed by atoms with van der Waals surface area (Å²) in [7, 11) is -3.45. The average molecular weight is 482 g/mol. The number of sulfonamides is 1. The average Bonchev–Trinajstić information content (AvgIpc) is 3.10. The Morgan fingerprint density at radius 1 is 1.39 bits per heavy atom. The van der Waals surface area contributed by atoms with E-state index in [1.807, 2.05) is 0 Å². The Labute approximate surface area is 172 Å². The van der Waals surface area contributed by atoms with Gasteiger partial charge in [-0.1, -0.05) is 0 Å². The first-order valence-electron chi connectivity index (χ1n) is 8.97. The van der Waals surface area contributed by atoms with Crippen molar-refractivity contribution in [2.75, 3.05) is 31.9 Å². The molecule has 0 bridgehead atoms. The van der Waals surface area contributed by atoms with E-state index in [4.69, 9.17) is 0 Å². The molecule has 0 radical (unpaired) electrons. The van der Waals surface area contributed by atoms with Crippen molar-refractivity contribution < 1.29 is 22.4 Å². The lowest BCUT2D eigenvalue weighted by molar-refractivity contribution is -0.133. The molecule has 2 heterocycles. The van der Waals surface area contributed by atoms with Crippen LogP contribution in [0.3, 0.4) is 0 Å². The Balaban J connectivity index is 1.79. The number of likely N-dealkylation sites (tertiary alicyclic amines) is 1. The first-order valence-corrected chi connectivity index (χ1v) is 11.4. The molecule has 1 atom stereocenters. The van der Waals surface area contributed by atoms with Crippen molar-refractivity contribution in [2.45, 2.75) is 38.4 Å². The van der Waals surface area contributed by atoms with Crippen molar-refractivity contribution in [3.63, 3.8) is 0 Å². The molecule has 1 aromatic rings. The number of carbonyl (C=O) groups excluding carboxylic acids is 2. The predicted octanol–water partition coefficient (Wildman–Crippen LogP) is 0.593. The minimum Gasteiger partial charge on any atom is -0.351 e. The summed E-state index contributed by atoms with van der Waals surface area (Å²) in [5, 5.41) is 6.71. The van der Waals surface area contributed by atoms with Crippen LogP contribution >= 0.6 is 15.9 Å². The maximum absolute atomic E-state index is 15.0. The highest BCUT2D eigenvalue weighted by atomic mass is 79.9. The number of hydrogen-bond acceptors (Lipinski definition) is 5. The lowest BCUT2D eigenvalue weighted by Gasteiger charge is -2.36. The summed E-state index contributed by atoms with van der Waals surface area (Å²) in [6, 6.07) is 1.12. The molecule has 0 spiro atoms. The highest BCUT2D eigenvalue weighted by Gasteiger charge is 2.36. The second kappa shape index (κ2) is 9.31. The summed E-state index contributed by atoms with van der Waals surface area (Å²) in [4.78, 5) is 25.7. The van der Waals surface area contributed by atoms with Gasteiger partial charge in [0, 0.05) is 32.1 Å². The summed E-state index contributed by atoms with van der Waals surface area (Å²) in [6.45, 7) is 3.00. The molecule has 1 fully saturated rings. The zero-order chi connectivity index (χ0) is 20.9. The Kier molecular flexibility index (Phi) is 7.57. The zero-order valence-corrected chi connectivity index (χ0v) is 18.2. The van der Waals surface area contributed by atoms with E-state index in [-0.39, 0.29) is 56.6 Å². The second-order valence-electron chi connectivity index (χ2n) is 6.77. The number of nitrogens with zero attached hydrogens (tertiary/aromatic N) is 3.